The van der Waals surface area contributed by atoms with Gasteiger partial charge in [-0.05, 0) is 31.0 Å². The maximum Gasteiger partial charge on any atom is 0.253 e. The fourth-order valence-corrected chi connectivity index (χ4v) is 3.41. The summed E-state index contributed by atoms with van der Waals surface area (Å²) in [6.45, 7) is 2.08. The predicted molar refractivity (Wildman–Crippen MR) is 89.0 cm³/mol. The van der Waals surface area contributed by atoms with E-state index in [0.717, 1.165) is 0 Å². The third kappa shape index (κ3) is 3.61. The monoisotopic (exact) mass is 350 g/mol. The second-order valence-corrected chi connectivity index (χ2v) is 6.67. The molecule has 25 heavy (non-hydrogen) atoms. The van der Waals surface area contributed by atoms with Crippen molar-refractivity contribution in [3.8, 4) is 5.75 Å². The molecule has 1 spiro atoms. The number of halogens is 1. The fraction of sp³-hybridized carbons (Fsp3) is 0.556. The number of carbonyl (C=O) groups excluding carboxylic acids is 2. The topological polar surface area (TPSA) is 59.1 Å². The van der Waals surface area contributed by atoms with Crippen LogP contribution in [-0.4, -0.2) is 67.6 Å². The molecule has 3 rings (SSSR count). The van der Waals surface area contributed by atoms with Gasteiger partial charge in [0.15, 0.2) is 11.6 Å². The lowest BCUT2D eigenvalue weighted by molar-refractivity contribution is -0.134. The van der Waals surface area contributed by atoms with Crippen molar-refractivity contribution in [3.05, 3.63) is 29.6 Å². The predicted octanol–water partition coefficient (Wildman–Crippen LogP) is 1.69. The average Bonchev–Trinajstić information content (AvgIpc) is 2.74. The van der Waals surface area contributed by atoms with Gasteiger partial charge >= 0.3 is 0 Å². The Bertz CT molecular complexity index is 671. The molecule has 2 aliphatic rings. The van der Waals surface area contributed by atoms with Crippen LogP contribution in [0.4, 0.5) is 4.39 Å². The van der Waals surface area contributed by atoms with Crippen molar-refractivity contribution in [2.75, 3.05) is 40.4 Å². The van der Waals surface area contributed by atoms with E-state index in [-0.39, 0.29) is 17.6 Å². The molecule has 0 bridgehead atoms. The van der Waals surface area contributed by atoms with Crippen LogP contribution in [0, 0.1) is 5.82 Å². The quantitative estimate of drug-likeness (QED) is 0.814. The Morgan fingerprint density at radius 1 is 1.28 bits per heavy atom. The highest BCUT2D eigenvalue weighted by Crippen LogP contribution is 2.32. The Labute approximate surface area is 146 Å². The fourth-order valence-electron chi connectivity index (χ4n) is 3.41. The number of likely N-dealkylation sites (N-methyl/N-ethyl adjacent to an activating group) is 1. The third-order valence-electron chi connectivity index (χ3n) is 5.09. The zero-order chi connectivity index (χ0) is 18.0. The highest BCUT2D eigenvalue weighted by atomic mass is 19.1. The summed E-state index contributed by atoms with van der Waals surface area (Å²) in [6, 6.07) is 4.22. The Kier molecular flexibility index (Phi) is 4.94. The van der Waals surface area contributed by atoms with Crippen LogP contribution in [0.15, 0.2) is 18.2 Å². The number of hydrogen-bond acceptors (Lipinski definition) is 4. The van der Waals surface area contributed by atoms with Crippen LogP contribution in [-0.2, 0) is 9.53 Å². The smallest absolute Gasteiger partial charge is 0.253 e. The van der Waals surface area contributed by atoms with Gasteiger partial charge in [-0.2, -0.15) is 0 Å². The van der Waals surface area contributed by atoms with E-state index < -0.39 is 11.4 Å². The van der Waals surface area contributed by atoms with Gasteiger partial charge in [0.25, 0.3) is 5.91 Å². The van der Waals surface area contributed by atoms with E-state index >= 15 is 0 Å². The summed E-state index contributed by atoms with van der Waals surface area (Å²) >= 11 is 0. The minimum atomic E-state index is -0.553. The molecule has 2 amide bonds. The first-order chi connectivity index (χ1) is 11.9. The second kappa shape index (κ2) is 7.00. The van der Waals surface area contributed by atoms with Gasteiger partial charge in [-0.15, -0.1) is 0 Å². The SMILES string of the molecule is COc1ccc(C(=O)N2CCC3(CC2)CC(=O)N(C)CCO3)cc1F. The number of rotatable bonds is 2. The van der Waals surface area contributed by atoms with E-state index in [1.165, 1.54) is 19.2 Å². The zero-order valence-electron chi connectivity index (χ0n) is 14.6. The van der Waals surface area contributed by atoms with E-state index in [0.29, 0.717) is 51.1 Å². The van der Waals surface area contributed by atoms with Crippen LogP contribution in [0.3, 0.4) is 0 Å². The van der Waals surface area contributed by atoms with Crippen LogP contribution < -0.4 is 4.74 Å². The number of piperidine rings is 1. The molecule has 136 valence electrons. The van der Waals surface area contributed by atoms with Gasteiger partial charge in [0.2, 0.25) is 5.91 Å². The van der Waals surface area contributed by atoms with Crippen molar-refractivity contribution >= 4 is 11.8 Å². The first-order valence-corrected chi connectivity index (χ1v) is 8.45. The van der Waals surface area contributed by atoms with E-state index in [1.807, 2.05) is 0 Å². The molecule has 0 N–H and O–H groups in total. The summed E-state index contributed by atoms with van der Waals surface area (Å²) in [5, 5.41) is 0. The van der Waals surface area contributed by atoms with Crippen molar-refractivity contribution in [1.82, 2.24) is 9.80 Å². The molecule has 7 heteroatoms. The molecule has 2 heterocycles. The maximum atomic E-state index is 13.8. The molecule has 0 aliphatic carbocycles. The summed E-state index contributed by atoms with van der Waals surface area (Å²) in [4.78, 5) is 28.1. The van der Waals surface area contributed by atoms with Gasteiger partial charge in [0, 0.05) is 32.2 Å². The number of nitrogens with zero attached hydrogens (tertiary/aromatic N) is 2. The molecule has 2 fully saturated rings. The molecule has 2 aliphatic heterocycles. The van der Waals surface area contributed by atoms with Gasteiger partial charge in [0.05, 0.1) is 25.7 Å². The standard InChI is InChI=1S/C18H23FN2O4/c1-20-9-10-25-18(12-16(20)22)5-7-21(8-6-18)17(23)13-3-4-15(24-2)14(19)11-13/h3-4,11H,5-10,12H2,1-2H3. The minimum Gasteiger partial charge on any atom is -0.494 e. The van der Waals surface area contributed by atoms with Crippen molar-refractivity contribution in [2.24, 2.45) is 0 Å². The van der Waals surface area contributed by atoms with Crippen LogP contribution >= 0.6 is 0 Å². The van der Waals surface area contributed by atoms with E-state index in [2.05, 4.69) is 0 Å². The van der Waals surface area contributed by atoms with Crippen LogP contribution in [0.5, 0.6) is 5.75 Å². The molecule has 0 aromatic heterocycles. The summed E-state index contributed by atoms with van der Waals surface area (Å²) in [7, 11) is 3.16. The first-order valence-electron chi connectivity index (χ1n) is 8.45. The lowest BCUT2D eigenvalue weighted by Gasteiger charge is -2.40. The Morgan fingerprint density at radius 3 is 2.64 bits per heavy atom. The van der Waals surface area contributed by atoms with E-state index in [4.69, 9.17) is 9.47 Å². The lowest BCUT2D eigenvalue weighted by atomic mass is 9.87. The summed E-state index contributed by atoms with van der Waals surface area (Å²) < 4.78 is 24.7. The molecular weight excluding hydrogens is 327 g/mol. The van der Waals surface area contributed by atoms with Gasteiger partial charge in [-0.3, -0.25) is 9.59 Å². The first kappa shape index (κ1) is 17.7. The minimum absolute atomic E-state index is 0.0782. The molecule has 1 aromatic carbocycles. The molecular formula is C18H23FN2O4. The lowest BCUT2D eigenvalue weighted by Crippen LogP contribution is -2.49. The maximum absolute atomic E-state index is 13.8. The van der Waals surface area contributed by atoms with Crippen molar-refractivity contribution in [1.29, 1.82) is 0 Å². The molecule has 0 saturated carbocycles. The highest BCUT2D eigenvalue weighted by molar-refractivity contribution is 5.94. The van der Waals surface area contributed by atoms with Crippen LogP contribution in [0.2, 0.25) is 0 Å². The number of benzene rings is 1. The molecule has 0 radical (unpaired) electrons. The average molecular weight is 350 g/mol. The second-order valence-electron chi connectivity index (χ2n) is 6.67. The highest BCUT2D eigenvalue weighted by Gasteiger charge is 2.41. The van der Waals surface area contributed by atoms with Gasteiger partial charge in [-0.25, -0.2) is 4.39 Å². The Balaban J connectivity index is 1.66. The van der Waals surface area contributed by atoms with Gasteiger partial charge in [0.1, 0.15) is 0 Å². The van der Waals surface area contributed by atoms with Crippen LogP contribution in [0.1, 0.15) is 29.6 Å². The molecule has 0 unspecified atom stereocenters. The third-order valence-corrected chi connectivity index (χ3v) is 5.09. The number of methoxy groups -OCH3 is 1. The number of carbonyl (C=O) groups is 2. The summed E-state index contributed by atoms with van der Waals surface area (Å²) in [5.74, 6) is -0.575. The number of likely N-dealkylation sites (tertiary alicyclic amines) is 1. The van der Waals surface area contributed by atoms with Crippen molar-refractivity contribution in [2.45, 2.75) is 24.9 Å². The number of amides is 2. The van der Waals surface area contributed by atoms with E-state index in [1.54, 1.807) is 22.9 Å². The normalized spacial score (nSPS) is 20.5. The van der Waals surface area contributed by atoms with E-state index in [9.17, 15) is 14.0 Å². The van der Waals surface area contributed by atoms with Gasteiger partial charge < -0.3 is 19.3 Å². The van der Waals surface area contributed by atoms with Gasteiger partial charge in [-0.1, -0.05) is 0 Å². The Morgan fingerprint density at radius 2 is 2.00 bits per heavy atom. The van der Waals surface area contributed by atoms with Crippen LogP contribution in [0.25, 0.3) is 0 Å². The zero-order valence-corrected chi connectivity index (χ0v) is 14.6. The largest absolute Gasteiger partial charge is 0.494 e. The molecule has 6 nitrogen and oxygen atoms in total. The Hall–Kier alpha value is -2.15. The number of hydrogen-bond donors (Lipinski definition) is 0. The van der Waals surface area contributed by atoms with Crippen molar-refractivity contribution in [3.63, 3.8) is 0 Å². The molecule has 1 aromatic rings. The number of ether oxygens (including phenoxy) is 2. The molecule has 0 atom stereocenters. The summed E-state index contributed by atoms with van der Waals surface area (Å²) in [5.41, 5.74) is -0.184. The molecule has 2 saturated heterocycles. The van der Waals surface area contributed by atoms with Crippen molar-refractivity contribution < 1.29 is 23.5 Å². The summed E-state index contributed by atoms with van der Waals surface area (Å²) in [6.07, 6.45) is 1.57.